The van der Waals surface area contributed by atoms with Crippen molar-refractivity contribution in [3.8, 4) is 5.75 Å². The Morgan fingerprint density at radius 1 is 1.09 bits per heavy atom. The van der Waals surface area contributed by atoms with E-state index in [0.29, 0.717) is 5.90 Å². The van der Waals surface area contributed by atoms with Gasteiger partial charge in [0.05, 0.1) is 0 Å². The molecule has 2 aromatic rings. The Morgan fingerprint density at radius 3 is 2.55 bits per heavy atom. The van der Waals surface area contributed by atoms with E-state index < -0.39 is 6.23 Å². The molecule has 33 heavy (non-hydrogen) atoms. The van der Waals surface area contributed by atoms with Gasteiger partial charge in [-0.2, -0.15) is 10.1 Å². The predicted octanol–water partition coefficient (Wildman–Crippen LogP) is 2.29. The molecule has 8 nitrogen and oxygen atoms in total. The largest absolute Gasteiger partial charge is 0.473 e. The number of hydrazine groups is 1. The maximum absolute atomic E-state index is 11.7. The fourth-order valence-electron chi connectivity index (χ4n) is 4.38. The van der Waals surface area contributed by atoms with E-state index >= 15 is 0 Å². The second-order valence-electron chi connectivity index (χ2n) is 8.94. The molecule has 2 atom stereocenters. The maximum Gasteiger partial charge on any atom is 0.260 e. The van der Waals surface area contributed by atoms with Gasteiger partial charge in [-0.15, -0.1) is 5.10 Å². The summed E-state index contributed by atoms with van der Waals surface area (Å²) in [7, 11) is 2.18. The average molecular weight is 450 g/mol. The van der Waals surface area contributed by atoms with Gasteiger partial charge in [0.2, 0.25) is 5.90 Å². The van der Waals surface area contributed by atoms with Gasteiger partial charge < -0.3 is 14.4 Å². The molecule has 2 saturated heterocycles. The van der Waals surface area contributed by atoms with Crippen LogP contribution in [-0.2, 0) is 16.1 Å². The van der Waals surface area contributed by atoms with Crippen LogP contribution in [0.3, 0.4) is 0 Å². The third kappa shape index (κ3) is 4.73. The summed E-state index contributed by atoms with van der Waals surface area (Å²) in [6.07, 6.45) is 0.671. The van der Waals surface area contributed by atoms with Gasteiger partial charge in [-0.25, -0.2) is 0 Å². The molecular formula is C25H31N5O3. The van der Waals surface area contributed by atoms with Gasteiger partial charge in [0.15, 0.2) is 12.5 Å². The van der Waals surface area contributed by atoms with Crippen LogP contribution in [0.5, 0.6) is 5.75 Å². The molecule has 2 unspecified atom stereocenters. The van der Waals surface area contributed by atoms with Gasteiger partial charge in [0.1, 0.15) is 5.75 Å². The first-order valence-electron chi connectivity index (χ1n) is 11.6. The summed E-state index contributed by atoms with van der Waals surface area (Å²) in [4.78, 5) is 16.5. The van der Waals surface area contributed by atoms with E-state index in [1.54, 1.807) is 5.12 Å². The van der Waals surface area contributed by atoms with Gasteiger partial charge >= 0.3 is 0 Å². The molecule has 3 heterocycles. The number of nitrogens with zero attached hydrogens (tertiary/aromatic N) is 5. The number of likely N-dealkylation sites (N-methyl/N-ethyl adjacent to an activating group) is 1. The highest BCUT2D eigenvalue weighted by molar-refractivity contribution is 5.95. The number of ether oxygens (including phenoxy) is 2. The fraction of sp³-hybridized carbons (Fsp3) is 0.440. The third-order valence-corrected chi connectivity index (χ3v) is 6.50. The fourth-order valence-corrected chi connectivity index (χ4v) is 4.38. The first kappa shape index (κ1) is 21.9. The van der Waals surface area contributed by atoms with E-state index in [9.17, 15) is 4.79 Å². The van der Waals surface area contributed by atoms with E-state index in [-0.39, 0.29) is 6.23 Å². The van der Waals surface area contributed by atoms with E-state index in [4.69, 9.17) is 9.47 Å². The van der Waals surface area contributed by atoms with Crippen LogP contribution in [0.1, 0.15) is 23.1 Å². The first-order chi connectivity index (χ1) is 16.1. The van der Waals surface area contributed by atoms with Gasteiger partial charge in [-0.1, -0.05) is 30.3 Å². The number of hydrogen-bond donors (Lipinski definition) is 0. The van der Waals surface area contributed by atoms with Crippen molar-refractivity contribution in [1.29, 1.82) is 0 Å². The number of rotatable bonds is 7. The first-order valence-corrected chi connectivity index (χ1v) is 11.6. The van der Waals surface area contributed by atoms with Gasteiger partial charge in [0.25, 0.3) is 6.23 Å². The van der Waals surface area contributed by atoms with E-state index in [1.165, 1.54) is 5.56 Å². The van der Waals surface area contributed by atoms with Crippen molar-refractivity contribution in [3.63, 3.8) is 0 Å². The summed E-state index contributed by atoms with van der Waals surface area (Å²) >= 11 is 0. The number of benzene rings is 2. The van der Waals surface area contributed by atoms with Crippen molar-refractivity contribution in [3.05, 3.63) is 65.2 Å². The number of aryl methyl sites for hydroxylation is 1. The molecule has 8 heteroatoms. The molecule has 0 amide bonds. The Bertz CT molecular complexity index is 1010. The van der Waals surface area contributed by atoms with E-state index in [1.807, 2.05) is 35.3 Å². The summed E-state index contributed by atoms with van der Waals surface area (Å²) in [5.74, 6) is 1.31. The van der Waals surface area contributed by atoms with Crippen LogP contribution in [0.15, 0.2) is 53.6 Å². The van der Waals surface area contributed by atoms with Gasteiger partial charge in [-0.3, -0.25) is 9.69 Å². The molecule has 5 rings (SSSR count). The van der Waals surface area contributed by atoms with Gasteiger partial charge in [-0.05, 0) is 43.3 Å². The lowest BCUT2D eigenvalue weighted by Gasteiger charge is -2.44. The molecule has 0 radical (unpaired) electrons. The highest BCUT2D eigenvalue weighted by Crippen LogP contribution is 2.30. The van der Waals surface area contributed by atoms with Crippen molar-refractivity contribution < 1.29 is 14.3 Å². The molecule has 3 aliphatic heterocycles. The summed E-state index contributed by atoms with van der Waals surface area (Å²) in [6.45, 7) is 8.25. The van der Waals surface area contributed by atoms with Crippen LogP contribution in [0.25, 0.3) is 0 Å². The zero-order valence-corrected chi connectivity index (χ0v) is 19.3. The number of hydrazone groups is 1. The smallest absolute Gasteiger partial charge is 0.260 e. The second kappa shape index (κ2) is 9.51. The third-order valence-electron chi connectivity index (χ3n) is 6.50. The number of aldehydes is 1. The zero-order chi connectivity index (χ0) is 22.8. The van der Waals surface area contributed by atoms with Crippen molar-refractivity contribution in [2.24, 2.45) is 5.10 Å². The Morgan fingerprint density at radius 2 is 1.88 bits per heavy atom. The molecule has 0 aromatic heterocycles. The molecule has 3 aliphatic rings. The van der Waals surface area contributed by atoms with Crippen LogP contribution in [0, 0.1) is 6.92 Å². The number of hydrogen-bond acceptors (Lipinski definition) is 8. The highest BCUT2D eigenvalue weighted by Gasteiger charge is 2.42. The summed E-state index contributed by atoms with van der Waals surface area (Å²) in [5.41, 5.74) is 3.27. The lowest BCUT2D eigenvalue weighted by Crippen LogP contribution is -2.60. The lowest BCUT2D eigenvalue weighted by molar-refractivity contribution is -0.218. The molecule has 2 aromatic carbocycles. The molecule has 174 valence electrons. The topological polar surface area (TPSA) is 60.9 Å². The van der Waals surface area contributed by atoms with Crippen LogP contribution < -0.4 is 4.74 Å². The van der Waals surface area contributed by atoms with Crippen LogP contribution in [0.2, 0.25) is 0 Å². The number of carbonyl (C=O) groups is 1. The molecule has 0 aliphatic carbocycles. The standard InChI is InChI=1S/C25H31N5O3/c1-19-16-20(17-28-14-12-27(2)13-15-28)8-9-22(19)32-23-10-11-29(23)30-24(18-31)33-25(26-30)21-6-4-3-5-7-21/h3-9,16,18,23-24H,10-15,17H2,1-2H3. The van der Waals surface area contributed by atoms with Crippen molar-refractivity contribution in [2.75, 3.05) is 39.8 Å². The van der Waals surface area contributed by atoms with E-state index in [2.05, 4.69) is 47.1 Å². The minimum Gasteiger partial charge on any atom is -0.473 e. The molecule has 0 bridgehead atoms. The molecule has 0 spiro atoms. The Kier molecular flexibility index (Phi) is 6.30. The average Bonchev–Trinajstić information content (AvgIpc) is 3.23. The minimum absolute atomic E-state index is 0.183. The Labute approximate surface area is 194 Å². The monoisotopic (exact) mass is 449 g/mol. The number of piperazine rings is 1. The van der Waals surface area contributed by atoms with Crippen LogP contribution in [0.4, 0.5) is 0 Å². The summed E-state index contributed by atoms with van der Waals surface area (Å²) in [6, 6.07) is 16.1. The maximum atomic E-state index is 11.7. The summed E-state index contributed by atoms with van der Waals surface area (Å²) < 4.78 is 12.1. The minimum atomic E-state index is -0.779. The summed E-state index contributed by atoms with van der Waals surface area (Å²) in [5, 5.41) is 8.13. The van der Waals surface area contributed by atoms with Gasteiger partial charge in [0, 0.05) is 51.3 Å². The van der Waals surface area contributed by atoms with Crippen LogP contribution >= 0.6 is 0 Å². The Hall–Kier alpha value is -2.94. The van der Waals surface area contributed by atoms with Crippen molar-refractivity contribution in [1.82, 2.24) is 19.9 Å². The van der Waals surface area contributed by atoms with Crippen LogP contribution in [-0.4, -0.2) is 84.3 Å². The second-order valence-corrected chi connectivity index (χ2v) is 8.94. The normalized spacial score (nSPS) is 24.2. The zero-order valence-electron chi connectivity index (χ0n) is 19.3. The SMILES string of the molecule is Cc1cc(CN2CCN(C)CC2)ccc1OC1CCN1N1N=C(c2ccccc2)OC1C=O. The predicted molar refractivity (Wildman–Crippen MR) is 125 cm³/mol. The quantitative estimate of drug-likeness (QED) is 0.601. The van der Waals surface area contributed by atoms with E-state index in [0.717, 1.165) is 68.9 Å². The molecule has 2 fully saturated rings. The van der Waals surface area contributed by atoms with Crippen molar-refractivity contribution >= 4 is 12.2 Å². The lowest BCUT2D eigenvalue weighted by atomic mass is 10.1. The Balaban J connectivity index is 1.23. The highest BCUT2D eigenvalue weighted by atomic mass is 16.6. The molecule has 0 saturated carbocycles. The number of carbonyl (C=O) groups excluding carboxylic acids is 1. The van der Waals surface area contributed by atoms with Crippen molar-refractivity contribution in [2.45, 2.75) is 32.3 Å². The molecular weight excluding hydrogens is 418 g/mol. The molecule has 0 N–H and O–H groups in total.